The average Bonchev–Trinajstić information content (AvgIpc) is 3.55. The third kappa shape index (κ3) is 4.15. The molecular formula is C33H28FN3O4S. The second-order valence-electron chi connectivity index (χ2n) is 11.1. The number of fused-ring (bicyclic) bond motifs is 4. The van der Waals surface area contributed by atoms with Gasteiger partial charge in [0.2, 0.25) is 10.0 Å². The third-order valence-electron chi connectivity index (χ3n) is 8.70. The highest BCUT2D eigenvalue weighted by Crippen LogP contribution is 2.50. The van der Waals surface area contributed by atoms with Crippen molar-refractivity contribution in [3.05, 3.63) is 119 Å². The molecule has 2 amide bonds. The number of halogens is 1. The van der Waals surface area contributed by atoms with Gasteiger partial charge in [-0.3, -0.25) is 14.5 Å². The van der Waals surface area contributed by atoms with Crippen LogP contribution in [0, 0.1) is 18.7 Å². The van der Waals surface area contributed by atoms with Crippen molar-refractivity contribution < 1.29 is 22.4 Å². The van der Waals surface area contributed by atoms with E-state index in [1.165, 1.54) is 15.3 Å². The highest BCUT2D eigenvalue weighted by molar-refractivity contribution is 7.89. The first-order valence-corrected chi connectivity index (χ1v) is 15.4. The summed E-state index contributed by atoms with van der Waals surface area (Å²) in [7, 11) is -3.89. The molecule has 0 unspecified atom stereocenters. The molecule has 4 aromatic carbocycles. The van der Waals surface area contributed by atoms with Crippen molar-refractivity contribution >= 4 is 27.5 Å². The first-order valence-electron chi connectivity index (χ1n) is 13.9. The summed E-state index contributed by atoms with van der Waals surface area (Å²) in [6.45, 7) is 2.27. The van der Waals surface area contributed by atoms with E-state index in [1.807, 2.05) is 19.1 Å². The Kier molecular flexibility index (Phi) is 6.25. The number of hydrogen-bond acceptors (Lipinski definition) is 5. The second kappa shape index (κ2) is 9.89. The summed E-state index contributed by atoms with van der Waals surface area (Å²) in [6.07, 6.45) is 0.528. The highest BCUT2D eigenvalue weighted by Gasteiger charge is 2.50. The molecule has 7 nitrogen and oxygen atoms in total. The zero-order valence-corrected chi connectivity index (χ0v) is 23.6. The summed E-state index contributed by atoms with van der Waals surface area (Å²) < 4.78 is 44.4. The molecule has 3 heterocycles. The molecule has 9 heteroatoms. The second-order valence-corrected chi connectivity index (χ2v) is 13.0. The van der Waals surface area contributed by atoms with Gasteiger partial charge < -0.3 is 5.32 Å². The van der Waals surface area contributed by atoms with Crippen LogP contribution in [0.2, 0.25) is 0 Å². The predicted molar refractivity (Wildman–Crippen MR) is 157 cm³/mol. The van der Waals surface area contributed by atoms with Crippen molar-refractivity contribution in [2.75, 3.05) is 18.4 Å². The van der Waals surface area contributed by atoms with E-state index in [0.29, 0.717) is 34.4 Å². The lowest BCUT2D eigenvalue weighted by molar-refractivity contribution is 0.0634. The van der Waals surface area contributed by atoms with Gasteiger partial charge >= 0.3 is 0 Å². The van der Waals surface area contributed by atoms with Crippen LogP contribution in [0.3, 0.4) is 0 Å². The smallest absolute Gasteiger partial charge is 0.261 e. The number of carbonyl (C=O) groups excluding carboxylic acids is 2. The van der Waals surface area contributed by atoms with Gasteiger partial charge in [0, 0.05) is 36.3 Å². The Labute approximate surface area is 243 Å². The molecule has 0 saturated carbocycles. The highest BCUT2D eigenvalue weighted by atomic mass is 32.2. The number of amides is 2. The summed E-state index contributed by atoms with van der Waals surface area (Å²) in [5.41, 5.74) is 4.22. The fourth-order valence-corrected chi connectivity index (χ4v) is 8.27. The number of benzene rings is 4. The van der Waals surface area contributed by atoms with Crippen LogP contribution in [-0.2, 0) is 10.0 Å². The van der Waals surface area contributed by atoms with Crippen LogP contribution in [-0.4, -0.2) is 48.6 Å². The van der Waals surface area contributed by atoms with Crippen molar-refractivity contribution in [2.45, 2.75) is 30.3 Å². The van der Waals surface area contributed by atoms with E-state index < -0.39 is 16.1 Å². The van der Waals surface area contributed by atoms with Crippen molar-refractivity contribution in [1.29, 1.82) is 0 Å². The SMILES string of the molecule is Cc1ccc(S(=O)(=O)N2CC[C@@H]3[C@H](CN4C(=O)c5ccccc5C4=O)Nc4ccc(-c5ccccc5F)cc4[C@@H]32)cc1. The minimum Gasteiger partial charge on any atom is -0.380 e. The van der Waals surface area contributed by atoms with Gasteiger partial charge in [0.25, 0.3) is 11.8 Å². The number of nitrogens with zero attached hydrogens (tertiary/aromatic N) is 2. The maximum absolute atomic E-state index is 14.8. The van der Waals surface area contributed by atoms with Crippen molar-refractivity contribution in [3.8, 4) is 11.1 Å². The third-order valence-corrected chi connectivity index (χ3v) is 10.6. The van der Waals surface area contributed by atoms with E-state index in [-0.39, 0.29) is 47.6 Å². The molecule has 1 saturated heterocycles. The Balaban J connectivity index is 1.30. The molecule has 4 aromatic rings. The Morgan fingerprint density at radius 3 is 2.17 bits per heavy atom. The van der Waals surface area contributed by atoms with Crippen LogP contribution >= 0.6 is 0 Å². The first-order chi connectivity index (χ1) is 20.2. The first kappa shape index (κ1) is 26.6. The van der Waals surface area contributed by atoms with Gasteiger partial charge in [0.1, 0.15) is 5.82 Å². The van der Waals surface area contributed by atoms with Gasteiger partial charge in [-0.15, -0.1) is 0 Å². The van der Waals surface area contributed by atoms with Gasteiger partial charge in [-0.1, -0.05) is 54.1 Å². The van der Waals surface area contributed by atoms with Crippen molar-refractivity contribution in [3.63, 3.8) is 0 Å². The molecule has 42 heavy (non-hydrogen) atoms. The van der Waals surface area contributed by atoms with Gasteiger partial charge in [0.15, 0.2) is 0 Å². The molecule has 1 N–H and O–H groups in total. The summed E-state index contributed by atoms with van der Waals surface area (Å²) >= 11 is 0. The topological polar surface area (TPSA) is 86.8 Å². The normalized spacial score (nSPS) is 21.6. The molecule has 1 fully saturated rings. The largest absolute Gasteiger partial charge is 0.380 e. The number of anilines is 1. The lowest BCUT2D eigenvalue weighted by atomic mass is 9.82. The maximum atomic E-state index is 14.8. The molecule has 0 aromatic heterocycles. The van der Waals surface area contributed by atoms with Gasteiger partial charge in [-0.25, -0.2) is 12.8 Å². The molecule has 0 aliphatic carbocycles. The lowest BCUT2D eigenvalue weighted by Gasteiger charge is -2.40. The van der Waals surface area contributed by atoms with E-state index in [9.17, 15) is 22.4 Å². The Bertz CT molecular complexity index is 1820. The minimum absolute atomic E-state index is 0.0977. The van der Waals surface area contributed by atoms with Crippen molar-refractivity contribution in [2.24, 2.45) is 5.92 Å². The Morgan fingerprint density at radius 1 is 0.857 bits per heavy atom. The van der Waals surface area contributed by atoms with E-state index in [1.54, 1.807) is 72.8 Å². The van der Waals surface area contributed by atoms with E-state index in [2.05, 4.69) is 5.32 Å². The molecule has 0 spiro atoms. The molecule has 3 aliphatic rings. The zero-order chi connectivity index (χ0) is 29.2. The van der Waals surface area contributed by atoms with E-state index in [4.69, 9.17) is 0 Å². The molecular weight excluding hydrogens is 553 g/mol. The maximum Gasteiger partial charge on any atom is 0.261 e. The van der Waals surface area contributed by atoms with E-state index >= 15 is 0 Å². The molecule has 3 aliphatic heterocycles. The summed E-state index contributed by atoms with van der Waals surface area (Å²) in [6, 6.07) is 24.6. The van der Waals surface area contributed by atoms with Crippen LogP contribution in [0.1, 0.15) is 44.3 Å². The number of sulfonamides is 1. The summed E-state index contributed by atoms with van der Waals surface area (Å²) in [5, 5.41) is 3.51. The van der Waals surface area contributed by atoms with Crippen LogP contribution in [0.5, 0.6) is 0 Å². The minimum atomic E-state index is -3.89. The van der Waals surface area contributed by atoms with Gasteiger partial charge in [-0.05, 0) is 66.9 Å². The fourth-order valence-electron chi connectivity index (χ4n) is 6.60. The zero-order valence-electron chi connectivity index (χ0n) is 22.8. The monoisotopic (exact) mass is 581 g/mol. The van der Waals surface area contributed by atoms with E-state index in [0.717, 1.165) is 11.1 Å². The molecule has 0 bridgehead atoms. The number of aryl methyl sites for hydroxylation is 1. The van der Waals surface area contributed by atoms with Crippen LogP contribution in [0.25, 0.3) is 11.1 Å². The molecule has 3 atom stereocenters. The van der Waals surface area contributed by atoms with Crippen LogP contribution in [0.4, 0.5) is 10.1 Å². The summed E-state index contributed by atoms with van der Waals surface area (Å²) in [4.78, 5) is 27.9. The molecule has 212 valence electrons. The molecule has 0 radical (unpaired) electrons. The van der Waals surface area contributed by atoms with Crippen LogP contribution in [0.15, 0.2) is 95.9 Å². The number of nitrogens with one attached hydrogen (secondary N) is 1. The Hall–Kier alpha value is -4.34. The lowest BCUT2D eigenvalue weighted by Crippen LogP contribution is -2.48. The summed E-state index contributed by atoms with van der Waals surface area (Å²) in [5.74, 6) is -1.30. The van der Waals surface area contributed by atoms with Crippen LogP contribution < -0.4 is 5.32 Å². The predicted octanol–water partition coefficient (Wildman–Crippen LogP) is 5.64. The van der Waals surface area contributed by atoms with Crippen molar-refractivity contribution in [1.82, 2.24) is 9.21 Å². The number of carbonyl (C=O) groups is 2. The quantitative estimate of drug-likeness (QED) is 0.308. The number of rotatable bonds is 5. The fraction of sp³-hybridized carbons (Fsp3) is 0.212. The number of hydrogen-bond donors (Lipinski definition) is 1. The van der Waals surface area contributed by atoms with Gasteiger partial charge in [0.05, 0.1) is 22.1 Å². The number of imide groups is 1. The Morgan fingerprint density at radius 2 is 1.50 bits per heavy atom. The standard InChI is InChI=1S/C33H28FN3O4S/c1-20-10-13-22(14-11-20)42(40,41)37-17-16-26-30(19-36-32(38)24-7-2-3-8-25(24)33(36)39)35-29-15-12-21(18-27(29)31(26)37)23-6-4-5-9-28(23)34/h2-15,18,26,30-31,35H,16-17,19H2,1H3/t26-,30+,31-/m1/s1. The molecule has 7 rings (SSSR count). The van der Waals surface area contributed by atoms with Gasteiger partial charge in [-0.2, -0.15) is 4.31 Å². The average molecular weight is 582 g/mol.